The lowest BCUT2D eigenvalue weighted by atomic mass is 9.92. The predicted octanol–water partition coefficient (Wildman–Crippen LogP) is 2.12. The van der Waals surface area contributed by atoms with E-state index in [1.54, 1.807) is 24.3 Å². The Kier molecular flexibility index (Phi) is 3.32. The van der Waals surface area contributed by atoms with Gasteiger partial charge in [0, 0.05) is 12.0 Å². The quantitative estimate of drug-likeness (QED) is 0.588. The van der Waals surface area contributed by atoms with Crippen molar-refractivity contribution >= 4 is 11.9 Å². The third-order valence-electron chi connectivity index (χ3n) is 3.04. The van der Waals surface area contributed by atoms with Gasteiger partial charge in [0.15, 0.2) is 5.78 Å². The summed E-state index contributed by atoms with van der Waals surface area (Å²) in [4.78, 5) is 24.1. The van der Waals surface area contributed by atoms with E-state index in [4.69, 9.17) is 5.11 Å². The van der Waals surface area contributed by atoms with Gasteiger partial charge in [-0.15, -0.1) is 0 Å². The molecule has 1 aliphatic rings. The Balaban J connectivity index is 2.34. The number of aliphatic hydroxyl groups is 1. The van der Waals surface area contributed by atoms with Gasteiger partial charge in [-0.05, 0) is 5.56 Å². The molecule has 1 atom stereocenters. The van der Waals surface area contributed by atoms with E-state index in [0.29, 0.717) is 6.26 Å². The zero-order valence-electron chi connectivity index (χ0n) is 9.61. The van der Waals surface area contributed by atoms with Crippen LogP contribution in [0.15, 0.2) is 42.2 Å². The van der Waals surface area contributed by atoms with Gasteiger partial charge in [0.1, 0.15) is 0 Å². The largest absolute Gasteiger partial charge is 0.515 e. The van der Waals surface area contributed by atoms with E-state index in [-0.39, 0.29) is 24.3 Å². The third-order valence-corrected chi connectivity index (χ3v) is 3.04. The van der Waals surface area contributed by atoms with Gasteiger partial charge in [0.2, 0.25) is 0 Å². The number of carboxylic acid groups (broad SMARTS) is 1. The maximum Gasteiger partial charge on any atom is 0.408 e. The summed E-state index contributed by atoms with van der Waals surface area (Å²) in [6.45, 7) is -0.0791. The lowest BCUT2D eigenvalue weighted by molar-refractivity contribution is -0.118. The fourth-order valence-electron chi connectivity index (χ4n) is 2.09. The number of likely N-dealkylation sites (tertiary alicyclic amines) is 1. The fraction of sp³-hybridized carbons (Fsp3) is 0.231. The van der Waals surface area contributed by atoms with Crippen LogP contribution >= 0.6 is 0 Å². The summed E-state index contributed by atoms with van der Waals surface area (Å²) in [5, 5.41) is 18.1. The molecule has 5 nitrogen and oxygen atoms in total. The summed E-state index contributed by atoms with van der Waals surface area (Å²) in [5.74, 6) is -0.219. The minimum absolute atomic E-state index is 0.0582. The molecule has 2 N–H and O–H groups in total. The molecule has 1 heterocycles. The van der Waals surface area contributed by atoms with Gasteiger partial charge >= 0.3 is 6.09 Å². The number of Topliss-reactive ketones (excluding diaryl/α,β-unsaturated/α-hetero) is 1. The fourth-order valence-corrected chi connectivity index (χ4v) is 2.09. The molecule has 1 aliphatic heterocycles. The molecule has 1 unspecified atom stereocenters. The number of piperidine rings is 1. The SMILES string of the molecule is O=C1CC(c2ccccc2)N(C(=O)O)CC1=CO. The van der Waals surface area contributed by atoms with E-state index in [1.165, 1.54) is 4.90 Å². The minimum Gasteiger partial charge on any atom is -0.515 e. The van der Waals surface area contributed by atoms with Crippen LogP contribution in [0.2, 0.25) is 0 Å². The third kappa shape index (κ3) is 2.20. The number of carbonyl (C=O) groups is 2. The van der Waals surface area contributed by atoms with Crippen molar-refractivity contribution in [2.45, 2.75) is 12.5 Å². The van der Waals surface area contributed by atoms with E-state index >= 15 is 0 Å². The molecule has 0 aliphatic carbocycles. The van der Waals surface area contributed by atoms with E-state index in [9.17, 15) is 14.7 Å². The lowest BCUT2D eigenvalue weighted by Gasteiger charge is -2.33. The number of aliphatic hydroxyl groups excluding tert-OH is 1. The summed E-state index contributed by atoms with van der Waals surface area (Å²) in [5.41, 5.74) is 0.912. The molecular formula is C13H13NO4. The normalized spacial score (nSPS) is 22.2. The summed E-state index contributed by atoms with van der Waals surface area (Å²) < 4.78 is 0. The summed E-state index contributed by atoms with van der Waals surface area (Å²) in [7, 11) is 0. The van der Waals surface area contributed by atoms with Crippen molar-refractivity contribution in [3.05, 3.63) is 47.7 Å². The number of benzene rings is 1. The standard InChI is InChI=1S/C13H13NO4/c15-8-10-7-14(13(17)18)11(6-12(10)16)9-4-2-1-3-5-9/h1-5,8,11,15H,6-7H2,(H,17,18). The molecular weight excluding hydrogens is 234 g/mol. The van der Waals surface area contributed by atoms with E-state index in [0.717, 1.165) is 5.56 Å². The molecule has 94 valence electrons. The van der Waals surface area contributed by atoms with Crippen molar-refractivity contribution in [3.8, 4) is 0 Å². The van der Waals surface area contributed by atoms with Crippen LogP contribution in [0.3, 0.4) is 0 Å². The number of rotatable bonds is 1. The van der Waals surface area contributed by atoms with Gasteiger partial charge in [-0.2, -0.15) is 0 Å². The first-order chi connectivity index (χ1) is 8.63. The van der Waals surface area contributed by atoms with Crippen molar-refractivity contribution < 1.29 is 19.8 Å². The van der Waals surface area contributed by atoms with Crippen LogP contribution in [0.25, 0.3) is 0 Å². The molecule has 18 heavy (non-hydrogen) atoms. The topological polar surface area (TPSA) is 77.8 Å². The average Bonchev–Trinajstić information content (AvgIpc) is 2.39. The first-order valence-corrected chi connectivity index (χ1v) is 5.54. The second-order valence-electron chi connectivity index (χ2n) is 4.12. The summed E-state index contributed by atoms with van der Waals surface area (Å²) in [6.07, 6.45) is -0.349. The van der Waals surface area contributed by atoms with Crippen molar-refractivity contribution in [3.63, 3.8) is 0 Å². The second-order valence-corrected chi connectivity index (χ2v) is 4.12. The number of carbonyl (C=O) groups excluding carboxylic acids is 1. The molecule has 1 aromatic rings. The first kappa shape index (κ1) is 12.2. The van der Waals surface area contributed by atoms with Gasteiger partial charge in [0.05, 0.1) is 18.8 Å². The molecule has 1 amide bonds. The summed E-state index contributed by atoms with van der Waals surface area (Å²) >= 11 is 0. The molecule has 0 bridgehead atoms. The van der Waals surface area contributed by atoms with Gasteiger partial charge in [-0.3, -0.25) is 9.69 Å². The Morgan fingerprint density at radius 3 is 2.56 bits per heavy atom. The van der Waals surface area contributed by atoms with E-state index in [1.807, 2.05) is 6.07 Å². The Labute approximate surface area is 104 Å². The minimum atomic E-state index is -1.10. The van der Waals surface area contributed by atoms with Gasteiger partial charge < -0.3 is 10.2 Å². The zero-order chi connectivity index (χ0) is 13.1. The highest BCUT2D eigenvalue weighted by atomic mass is 16.4. The van der Waals surface area contributed by atoms with E-state index in [2.05, 4.69) is 0 Å². The van der Waals surface area contributed by atoms with Crippen LogP contribution < -0.4 is 0 Å². The molecule has 0 spiro atoms. The molecule has 0 saturated carbocycles. The molecule has 2 rings (SSSR count). The second kappa shape index (κ2) is 4.91. The molecule has 5 heteroatoms. The van der Waals surface area contributed by atoms with Gasteiger partial charge in [-0.1, -0.05) is 30.3 Å². The summed E-state index contributed by atoms with van der Waals surface area (Å²) in [6, 6.07) is 8.54. The smallest absolute Gasteiger partial charge is 0.408 e. The average molecular weight is 247 g/mol. The van der Waals surface area contributed by atoms with Crippen molar-refractivity contribution in [1.29, 1.82) is 0 Å². The van der Waals surface area contributed by atoms with Crippen molar-refractivity contribution in [2.75, 3.05) is 6.54 Å². The number of nitrogens with zero attached hydrogens (tertiary/aromatic N) is 1. The molecule has 1 aromatic carbocycles. The van der Waals surface area contributed by atoms with Crippen LogP contribution in [0.5, 0.6) is 0 Å². The number of ketones is 1. The maximum atomic E-state index is 11.7. The van der Waals surface area contributed by atoms with Crippen molar-refractivity contribution in [2.24, 2.45) is 0 Å². The van der Waals surface area contributed by atoms with Crippen molar-refractivity contribution in [1.82, 2.24) is 4.90 Å². The zero-order valence-corrected chi connectivity index (χ0v) is 9.61. The Hall–Kier alpha value is -2.30. The Bertz CT molecular complexity index is 495. The van der Waals surface area contributed by atoms with Gasteiger partial charge in [0.25, 0.3) is 0 Å². The number of hydrogen-bond donors (Lipinski definition) is 2. The van der Waals surface area contributed by atoms with E-state index < -0.39 is 12.1 Å². The molecule has 0 aromatic heterocycles. The van der Waals surface area contributed by atoms with Crippen LogP contribution in [0, 0.1) is 0 Å². The predicted molar refractivity (Wildman–Crippen MR) is 64.2 cm³/mol. The molecule has 0 radical (unpaired) electrons. The lowest BCUT2D eigenvalue weighted by Crippen LogP contribution is -2.41. The first-order valence-electron chi connectivity index (χ1n) is 5.54. The highest BCUT2D eigenvalue weighted by Crippen LogP contribution is 2.30. The highest BCUT2D eigenvalue weighted by Gasteiger charge is 2.34. The monoisotopic (exact) mass is 247 g/mol. The van der Waals surface area contributed by atoms with Crippen LogP contribution in [-0.4, -0.2) is 33.5 Å². The van der Waals surface area contributed by atoms with Crippen LogP contribution in [0.1, 0.15) is 18.0 Å². The van der Waals surface area contributed by atoms with Gasteiger partial charge in [-0.25, -0.2) is 4.79 Å². The maximum absolute atomic E-state index is 11.7. The van der Waals surface area contributed by atoms with Crippen LogP contribution in [0.4, 0.5) is 4.79 Å². The number of hydrogen-bond acceptors (Lipinski definition) is 3. The Morgan fingerprint density at radius 2 is 2.00 bits per heavy atom. The number of amides is 1. The highest BCUT2D eigenvalue weighted by molar-refractivity contribution is 5.97. The Morgan fingerprint density at radius 1 is 1.33 bits per heavy atom. The molecule has 1 fully saturated rings. The van der Waals surface area contributed by atoms with Crippen LogP contribution in [-0.2, 0) is 4.79 Å². The molecule has 1 saturated heterocycles.